The summed E-state index contributed by atoms with van der Waals surface area (Å²) in [4.78, 5) is 3.75. The van der Waals surface area contributed by atoms with Crippen LogP contribution in [0.2, 0.25) is 5.02 Å². The molecule has 0 radical (unpaired) electrons. The smallest absolute Gasteiger partial charge is 0.0410 e. The van der Waals surface area contributed by atoms with Gasteiger partial charge in [0.1, 0.15) is 0 Å². The van der Waals surface area contributed by atoms with Crippen molar-refractivity contribution in [3.05, 3.63) is 51.2 Å². The van der Waals surface area contributed by atoms with Crippen molar-refractivity contribution in [2.75, 3.05) is 25.0 Å². The first kappa shape index (κ1) is 16.3. The molecule has 0 aliphatic carbocycles. The molecule has 1 N–H and O–H groups in total. The largest absolute Gasteiger partial charge is 0.374 e. The molecule has 2 rings (SSSR count). The molecule has 4 heteroatoms. The predicted molar refractivity (Wildman–Crippen MR) is 94.7 cm³/mol. The van der Waals surface area contributed by atoms with E-state index >= 15 is 0 Å². The number of nitrogens with one attached hydrogen (secondary N) is 1. The normalized spacial score (nSPS) is 10.8. The third kappa shape index (κ3) is 5.03. The van der Waals surface area contributed by atoms with E-state index in [-0.39, 0.29) is 0 Å². The fourth-order valence-corrected chi connectivity index (χ4v) is 3.21. The van der Waals surface area contributed by atoms with E-state index in [0.717, 1.165) is 37.5 Å². The predicted octanol–water partition coefficient (Wildman–Crippen LogP) is 4.58. The average molecular weight is 323 g/mol. The minimum absolute atomic E-state index is 0.804. The number of hydrogen-bond acceptors (Lipinski definition) is 3. The molecule has 0 fully saturated rings. The summed E-state index contributed by atoms with van der Waals surface area (Å²) in [6.45, 7) is 5.10. The molecule has 114 valence electrons. The van der Waals surface area contributed by atoms with Crippen LogP contribution >= 0.6 is 22.9 Å². The van der Waals surface area contributed by atoms with Crippen LogP contribution in [0, 0.1) is 0 Å². The van der Waals surface area contributed by atoms with E-state index in [2.05, 4.69) is 53.8 Å². The molecular weight excluding hydrogens is 300 g/mol. The van der Waals surface area contributed by atoms with Gasteiger partial charge in [-0.15, -0.1) is 11.3 Å². The second-order valence-corrected chi connectivity index (χ2v) is 6.67. The molecular formula is C17H23ClN2S. The lowest BCUT2D eigenvalue weighted by atomic mass is 10.1. The Morgan fingerprint density at radius 3 is 2.86 bits per heavy atom. The second-order valence-electron chi connectivity index (χ2n) is 5.20. The summed E-state index contributed by atoms with van der Waals surface area (Å²) >= 11 is 7.97. The standard InChI is InChI=1S/C17H23ClN2S/c1-3-9-19-13-14-12-15(18)6-7-17(14)20(2)10-8-16-5-4-11-21-16/h4-7,11-12,19H,3,8-10,13H2,1-2H3. The molecule has 0 aliphatic rings. The molecule has 0 saturated carbocycles. The SMILES string of the molecule is CCCNCc1cc(Cl)ccc1N(C)CCc1cccs1. The van der Waals surface area contributed by atoms with Gasteiger partial charge in [-0.2, -0.15) is 0 Å². The number of thiophene rings is 1. The van der Waals surface area contributed by atoms with Gasteiger partial charge in [0.05, 0.1) is 0 Å². The van der Waals surface area contributed by atoms with E-state index in [1.807, 2.05) is 17.4 Å². The maximum Gasteiger partial charge on any atom is 0.0410 e. The van der Waals surface area contributed by atoms with Crippen LogP contribution in [-0.2, 0) is 13.0 Å². The van der Waals surface area contributed by atoms with Crippen LogP contribution in [0.3, 0.4) is 0 Å². The van der Waals surface area contributed by atoms with Crippen molar-refractivity contribution >= 4 is 28.6 Å². The van der Waals surface area contributed by atoms with Gasteiger partial charge in [0.15, 0.2) is 0 Å². The number of rotatable bonds is 8. The van der Waals surface area contributed by atoms with E-state index in [1.165, 1.54) is 16.1 Å². The van der Waals surface area contributed by atoms with Crippen LogP contribution in [0.1, 0.15) is 23.8 Å². The monoisotopic (exact) mass is 322 g/mol. The Morgan fingerprint density at radius 2 is 2.14 bits per heavy atom. The molecule has 0 aliphatic heterocycles. The highest BCUT2D eigenvalue weighted by Gasteiger charge is 2.08. The lowest BCUT2D eigenvalue weighted by Gasteiger charge is -2.23. The summed E-state index contributed by atoms with van der Waals surface area (Å²) in [5, 5.41) is 6.40. The fraction of sp³-hybridized carbons (Fsp3) is 0.412. The summed E-state index contributed by atoms with van der Waals surface area (Å²) < 4.78 is 0. The lowest BCUT2D eigenvalue weighted by Crippen LogP contribution is -2.23. The van der Waals surface area contributed by atoms with Crippen LogP contribution in [-0.4, -0.2) is 20.1 Å². The summed E-state index contributed by atoms with van der Waals surface area (Å²) in [5.74, 6) is 0. The van der Waals surface area contributed by atoms with Crippen LogP contribution in [0.15, 0.2) is 35.7 Å². The quantitative estimate of drug-likeness (QED) is 0.716. The van der Waals surface area contributed by atoms with E-state index in [9.17, 15) is 0 Å². The van der Waals surface area contributed by atoms with Crippen molar-refractivity contribution in [2.24, 2.45) is 0 Å². The molecule has 0 saturated heterocycles. The molecule has 0 unspecified atom stereocenters. The molecule has 1 aromatic carbocycles. The second kappa shape index (κ2) is 8.42. The van der Waals surface area contributed by atoms with Crippen molar-refractivity contribution in [1.82, 2.24) is 5.32 Å². The number of hydrogen-bond donors (Lipinski definition) is 1. The maximum atomic E-state index is 6.15. The highest BCUT2D eigenvalue weighted by Crippen LogP contribution is 2.24. The Kier molecular flexibility index (Phi) is 6.55. The number of anilines is 1. The van der Waals surface area contributed by atoms with Crippen molar-refractivity contribution in [1.29, 1.82) is 0 Å². The molecule has 0 atom stereocenters. The van der Waals surface area contributed by atoms with Gasteiger partial charge in [-0.05, 0) is 54.6 Å². The molecule has 1 heterocycles. The minimum Gasteiger partial charge on any atom is -0.374 e. The van der Waals surface area contributed by atoms with Crippen LogP contribution in [0.4, 0.5) is 5.69 Å². The maximum absolute atomic E-state index is 6.15. The Labute approximate surface area is 136 Å². The lowest BCUT2D eigenvalue weighted by molar-refractivity contribution is 0.673. The molecule has 1 aromatic heterocycles. The van der Waals surface area contributed by atoms with Crippen LogP contribution in [0.25, 0.3) is 0 Å². The summed E-state index contributed by atoms with van der Waals surface area (Å²) in [7, 11) is 2.15. The van der Waals surface area contributed by atoms with Crippen molar-refractivity contribution in [2.45, 2.75) is 26.3 Å². The van der Waals surface area contributed by atoms with Crippen molar-refractivity contribution in [3.63, 3.8) is 0 Å². The first-order valence-corrected chi connectivity index (χ1v) is 8.69. The van der Waals surface area contributed by atoms with E-state index in [0.29, 0.717) is 0 Å². The Morgan fingerprint density at radius 1 is 1.29 bits per heavy atom. The van der Waals surface area contributed by atoms with Gasteiger partial charge in [0, 0.05) is 35.7 Å². The number of benzene rings is 1. The Bertz CT molecular complexity index is 540. The fourth-order valence-electron chi connectivity index (χ4n) is 2.32. The molecule has 0 spiro atoms. The van der Waals surface area contributed by atoms with Gasteiger partial charge in [-0.1, -0.05) is 24.6 Å². The molecule has 2 nitrogen and oxygen atoms in total. The van der Waals surface area contributed by atoms with Crippen molar-refractivity contribution in [3.8, 4) is 0 Å². The number of halogens is 1. The minimum atomic E-state index is 0.804. The van der Waals surface area contributed by atoms with Gasteiger partial charge in [-0.25, -0.2) is 0 Å². The molecule has 21 heavy (non-hydrogen) atoms. The van der Waals surface area contributed by atoms with Gasteiger partial charge in [0.2, 0.25) is 0 Å². The number of likely N-dealkylation sites (N-methyl/N-ethyl adjacent to an activating group) is 1. The number of nitrogens with zero attached hydrogens (tertiary/aromatic N) is 1. The van der Waals surface area contributed by atoms with Crippen LogP contribution in [0.5, 0.6) is 0 Å². The van der Waals surface area contributed by atoms with Gasteiger partial charge < -0.3 is 10.2 Å². The van der Waals surface area contributed by atoms with Gasteiger partial charge in [0.25, 0.3) is 0 Å². The van der Waals surface area contributed by atoms with E-state index < -0.39 is 0 Å². The molecule has 0 amide bonds. The topological polar surface area (TPSA) is 15.3 Å². The Hall–Kier alpha value is -1.03. The zero-order chi connectivity index (χ0) is 15.1. The summed E-state index contributed by atoms with van der Waals surface area (Å²) in [6, 6.07) is 10.5. The highest BCUT2D eigenvalue weighted by molar-refractivity contribution is 7.09. The zero-order valence-electron chi connectivity index (χ0n) is 12.7. The van der Waals surface area contributed by atoms with Gasteiger partial charge >= 0.3 is 0 Å². The molecule has 2 aromatic rings. The third-order valence-corrected chi connectivity index (χ3v) is 4.64. The van der Waals surface area contributed by atoms with E-state index in [1.54, 1.807) is 0 Å². The average Bonchev–Trinajstić information content (AvgIpc) is 2.98. The first-order chi connectivity index (χ1) is 10.2. The first-order valence-electron chi connectivity index (χ1n) is 7.43. The highest BCUT2D eigenvalue weighted by atomic mass is 35.5. The Balaban J connectivity index is 2.02. The summed E-state index contributed by atoms with van der Waals surface area (Å²) in [6.07, 6.45) is 2.22. The zero-order valence-corrected chi connectivity index (χ0v) is 14.3. The van der Waals surface area contributed by atoms with Crippen LogP contribution < -0.4 is 10.2 Å². The van der Waals surface area contributed by atoms with Crippen molar-refractivity contribution < 1.29 is 0 Å². The van der Waals surface area contributed by atoms with Gasteiger partial charge in [-0.3, -0.25) is 0 Å². The summed E-state index contributed by atoms with van der Waals surface area (Å²) in [5.41, 5.74) is 2.53. The molecule has 0 bridgehead atoms. The van der Waals surface area contributed by atoms with E-state index in [4.69, 9.17) is 11.6 Å². The third-order valence-electron chi connectivity index (χ3n) is 3.47.